The van der Waals surface area contributed by atoms with Crippen LogP contribution in [0, 0.1) is 5.92 Å². The van der Waals surface area contributed by atoms with Gasteiger partial charge in [-0.05, 0) is 29.0 Å². The van der Waals surface area contributed by atoms with Gasteiger partial charge in [0.05, 0.1) is 12.5 Å². The van der Waals surface area contributed by atoms with Gasteiger partial charge in [0.25, 0.3) is 0 Å². The maximum absolute atomic E-state index is 12.3. The summed E-state index contributed by atoms with van der Waals surface area (Å²) in [6.45, 7) is 6.67. The Morgan fingerprint density at radius 3 is 2.15 bits per heavy atom. The van der Waals surface area contributed by atoms with E-state index in [-0.39, 0.29) is 30.2 Å². The first-order valence-corrected chi connectivity index (χ1v) is 9.68. The minimum absolute atomic E-state index is 0.0246. The minimum Gasteiger partial charge on any atom is -0.355 e. The lowest BCUT2D eigenvalue weighted by atomic mass is 9.94. The molecule has 0 aliphatic rings. The van der Waals surface area contributed by atoms with Crippen LogP contribution < -0.4 is 10.6 Å². The Bertz CT molecular complexity index is 724. The van der Waals surface area contributed by atoms with Crippen LogP contribution in [0.3, 0.4) is 0 Å². The summed E-state index contributed by atoms with van der Waals surface area (Å²) in [6, 6.07) is 18.0. The highest BCUT2D eigenvalue weighted by Crippen LogP contribution is 2.22. The van der Waals surface area contributed by atoms with Gasteiger partial charge in [0.15, 0.2) is 0 Å². The fourth-order valence-corrected chi connectivity index (χ4v) is 3.00. The van der Waals surface area contributed by atoms with Crippen LogP contribution in [-0.2, 0) is 22.4 Å². The van der Waals surface area contributed by atoms with Crippen molar-refractivity contribution in [3.05, 3.63) is 71.3 Å². The van der Waals surface area contributed by atoms with Crippen molar-refractivity contribution in [2.24, 2.45) is 5.92 Å². The molecule has 0 aliphatic heterocycles. The molecule has 0 saturated carbocycles. The molecule has 0 heterocycles. The minimum atomic E-state index is -0.0652. The number of amides is 2. The fourth-order valence-electron chi connectivity index (χ4n) is 3.00. The van der Waals surface area contributed by atoms with E-state index < -0.39 is 0 Å². The van der Waals surface area contributed by atoms with Crippen molar-refractivity contribution >= 4 is 11.8 Å². The van der Waals surface area contributed by atoms with Crippen molar-refractivity contribution in [2.75, 3.05) is 6.54 Å². The average molecular weight is 367 g/mol. The zero-order chi connectivity index (χ0) is 19.6. The van der Waals surface area contributed by atoms with E-state index in [1.165, 1.54) is 5.56 Å². The van der Waals surface area contributed by atoms with E-state index in [2.05, 4.69) is 55.7 Å². The van der Waals surface area contributed by atoms with E-state index in [9.17, 15) is 9.59 Å². The first kappa shape index (κ1) is 20.7. The first-order valence-electron chi connectivity index (χ1n) is 9.68. The lowest BCUT2D eigenvalue weighted by Gasteiger charge is -2.23. The van der Waals surface area contributed by atoms with Crippen molar-refractivity contribution in [2.45, 2.75) is 46.1 Å². The van der Waals surface area contributed by atoms with Gasteiger partial charge in [0.1, 0.15) is 0 Å². The number of nitrogens with one attached hydrogen (secondary N) is 2. The fraction of sp³-hybridized carbons (Fsp3) is 0.391. The summed E-state index contributed by atoms with van der Waals surface area (Å²) in [4.78, 5) is 24.3. The van der Waals surface area contributed by atoms with Crippen LogP contribution in [0.15, 0.2) is 54.6 Å². The molecule has 0 aromatic heterocycles. The van der Waals surface area contributed by atoms with Crippen molar-refractivity contribution in [1.82, 2.24) is 10.6 Å². The molecule has 2 amide bonds. The Kier molecular flexibility index (Phi) is 8.05. The van der Waals surface area contributed by atoms with Crippen LogP contribution in [0.2, 0.25) is 0 Å². The Balaban J connectivity index is 1.80. The summed E-state index contributed by atoms with van der Waals surface area (Å²) in [7, 11) is 0. The molecule has 4 nitrogen and oxygen atoms in total. The highest BCUT2D eigenvalue weighted by molar-refractivity contribution is 5.80. The summed E-state index contributed by atoms with van der Waals surface area (Å²) >= 11 is 0. The monoisotopic (exact) mass is 366 g/mol. The Morgan fingerprint density at radius 2 is 1.56 bits per heavy atom. The van der Waals surface area contributed by atoms with Crippen molar-refractivity contribution in [1.29, 1.82) is 0 Å². The smallest absolute Gasteiger partial charge is 0.224 e. The second-order valence-corrected chi connectivity index (χ2v) is 7.15. The first-order chi connectivity index (χ1) is 13.0. The van der Waals surface area contributed by atoms with Gasteiger partial charge in [-0.1, -0.05) is 75.4 Å². The number of hydrogen-bond donors (Lipinski definition) is 2. The summed E-state index contributed by atoms with van der Waals surface area (Å²) < 4.78 is 0. The summed E-state index contributed by atoms with van der Waals surface area (Å²) in [5, 5.41) is 5.92. The predicted molar refractivity (Wildman–Crippen MR) is 109 cm³/mol. The van der Waals surface area contributed by atoms with Crippen LogP contribution in [0.4, 0.5) is 0 Å². The van der Waals surface area contributed by atoms with E-state index in [1.54, 1.807) is 0 Å². The van der Waals surface area contributed by atoms with Gasteiger partial charge >= 0.3 is 0 Å². The summed E-state index contributed by atoms with van der Waals surface area (Å²) in [6.07, 6.45) is 1.61. The zero-order valence-electron chi connectivity index (χ0n) is 16.5. The molecule has 0 radical (unpaired) electrons. The van der Waals surface area contributed by atoms with E-state index in [4.69, 9.17) is 0 Å². The highest BCUT2D eigenvalue weighted by Gasteiger charge is 2.18. The maximum atomic E-state index is 12.3. The van der Waals surface area contributed by atoms with Crippen molar-refractivity contribution < 1.29 is 9.59 Å². The molecule has 144 valence electrons. The molecular formula is C23H30N2O2. The van der Waals surface area contributed by atoms with Gasteiger partial charge in [-0.3, -0.25) is 9.59 Å². The molecule has 0 fully saturated rings. The standard InChI is InChI=1S/C23H30N2O2/c1-4-18-10-12-20(13-11-18)23(17(2)3)25-21(26)14-15-24-22(27)16-19-8-6-5-7-9-19/h5-13,17,23H,4,14-16H2,1-3H3,(H,24,27)(H,25,26). The van der Waals surface area contributed by atoms with Gasteiger partial charge in [-0.15, -0.1) is 0 Å². The third-order valence-electron chi connectivity index (χ3n) is 4.61. The lowest BCUT2D eigenvalue weighted by Crippen LogP contribution is -2.35. The largest absolute Gasteiger partial charge is 0.355 e. The molecule has 2 aromatic carbocycles. The number of carbonyl (C=O) groups is 2. The molecular weight excluding hydrogens is 336 g/mol. The van der Waals surface area contributed by atoms with Crippen LogP contribution in [-0.4, -0.2) is 18.4 Å². The van der Waals surface area contributed by atoms with Gasteiger partial charge in [-0.25, -0.2) is 0 Å². The van der Waals surface area contributed by atoms with E-state index in [1.807, 2.05) is 30.3 Å². The number of hydrogen-bond acceptors (Lipinski definition) is 2. The molecule has 27 heavy (non-hydrogen) atoms. The number of carbonyl (C=O) groups excluding carboxylic acids is 2. The average Bonchev–Trinajstić information content (AvgIpc) is 2.67. The van der Waals surface area contributed by atoms with Gasteiger partial charge in [0, 0.05) is 13.0 Å². The van der Waals surface area contributed by atoms with Crippen LogP contribution >= 0.6 is 0 Å². The Hall–Kier alpha value is -2.62. The second-order valence-electron chi connectivity index (χ2n) is 7.15. The number of aryl methyl sites for hydroxylation is 1. The third-order valence-corrected chi connectivity index (χ3v) is 4.61. The van der Waals surface area contributed by atoms with Crippen LogP contribution in [0.1, 0.15) is 49.9 Å². The summed E-state index contributed by atoms with van der Waals surface area (Å²) in [5.74, 6) is 0.173. The SMILES string of the molecule is CCc1ccc(C(NC(=O)CCNC(=O)Cc2ccccc2)C(C)C)cc1. The van der Waals surface area contributed by atoms with E-state index in [0.29, 0.717) is 13.0 Å². The zero-order valence-corrected chi connectivity index (χ0v) is 16.5. The quantitative estimate of drug-likeness (QED) is 0.709. The van der Waals surface area contributed by atoms with Gasteiger partial charge in [0.2, 0.25) is 11.8 Å². The van der Waals surface area contributed by atoms with Gasteiger partial charge in [-0.2, -0.15) is 0 Å². The second kappa shape index (κ2) is 10.5. The molecule has 0 aliphatic carbocycles. The number of benzene rings is 2. The molecule has 2 aromatic rings. The number of rotatable bonds is 9. The molecule has 4 heteroatoms. The van der Waals surface area contributed by atoms with Crippen molar-refractivity contribution in [3.63, 3.8) is 0 Å². The molecule has 0 bridgehead atoms. The van der Waals surface area contributed by atoms with Crippen LogP contribution in [0.5, 0.6) is 0 Å². The predicted octanol–water partition coefficient (Wildman–Crippen LogP) is 3.81. The maximum Gasteiger partial charge on any atom is 0.224 e. The third kappa shape index (κ3) is 6.89. The molecule has 2 rings (SSSR count). The Morgan fingerprint density at radius 1 is 0.889 bits per heavy atom. The molecule has 1 atom stereocenters. The van der Waals surface area contributed by atoms with Crippen molar-refractivity contribution in [3.8, 4) is 0 Å². The Labute approximate surface area is 162 Å². The van der Waals surface area contributed by atoms with Crippen LogP contribution in [0.25, 0.3) is 0 Å². The van der Waals surface area contributed by atoms with E-state index >= 15 is 0 Å². The molecule has 0 saturated heterocycles. The van der Waals surface area contributed by atoms with E-state index in [0.717, 1.165) is 17.5 Å². The topological polar surface area (TPSA) is 58.2 Å². The molecule has 0 spiro atoms. The molecule has 1 unspecified atom stereocenters. The van der Waals surface area contributed by atoms with Gasteiger partial charge < -0.3 is 10.6 Å². The lowest BCUT2D eigenvalue weighted by molar-refractivity contribution is -0.122. The summed E-state index contributed by atoms with van der Waals surface area (Å²) in [5.41, 5.74) is 3.37. The highest BCUT2D eigenvalue weighted by atomic mass is 16.2. The normalized spacial score (nSPS) is 11.9. The molecule has 2 N–H and O–H groups in total.